The lowest BCUT2D eigenvalue weighted by atomic mass is 9.68. The summed E-state index contributed by atoms with van der Waals surface area (Å²) in [5.41, 5.74) is 0.981. The molecule has 0 spiro atoms. The third-order valence-electron chi connectivity index (χ3n) is 5.01. The zero-order valence-corrected chi connectivity index (χ0v) is 9.84. The number of aliphatic carboxylic acids is 1. The van der Waals surface area contributed by atoms with Crippen molar-refractivity contribution in [1.29, 1.82) is 0 Å². The summed E-state index contributed by atoms with van der Waals surface area (Å²) >= 11 is 0. The van der Waals surface area contributed by atoms with Crippen LogP contribution in [0.3, 0.4) is 0 Å². The van der Waals surface area contributed by atoms with E-state index in [-0.39, 0.29) is 5.41 Å². The Morgan fingerprint density at radius 3 is 2.20 bits per heavy atom. The van der Waals surface area contributed by atoms with E-state index in [4.69, 9.17) is 5.11 Å². The first-order valence-corrected chi connectivity index (χ1v) is 5.82. The van der Waals surface area contributed by atoms with E-state index in [1.54, 1.807) is 6.92 Å². The predicted octanol–water partition coefficient (Wildman–Crippen LogP) is 3.23. The van der Waals surface area contributed by atoms with E-state index >= 15 is 0 Å². The maximum Gasteiger partial charge on any atom is 0.330 e. The van der Waals surface area contributed by atoms with Crippen LogP contribution in [0, 0.1) is 16.7 Å². The zero-order chi connectivity index (χ0) is 11.3. The largest absolute Gasteiger partial charge is 0.478 e. The lowest BCUT2D eigenvalue weighted by Gasteiger charge is -2.35. The fraction of sp³-hybridized carbons (Fsp3) is 0.769. The molecule has 2 rings (SSSR count). The minimum absolute atomic E-state index is 0.167. The summed E-state index contributed by atoms with van der Waals surface area (Å²) < 4.78 is 0. The summed E-state index contributed by atoms with van der Waals surface area (Å²) in [6, 6.07) is 0. The van der Waals surface area contributed by atoms with Crippen molar-refractivity contribution in [2.75, 3.05) is 0 Å². The van der Waals surface area contributed by atoms with Gasteiger partial charge in [-0.15, -0.1) is 0 Å². The molecule has 0 saturated heterocycles. The highest BCUT2D eigenvalue weighted by atomic mass is 16.4. The van der Waals surface area contributed by atoms with Gasteiger partial charge in [0, 0.05) is 5.57 Å². The molecule has 0 amide bonds. The molecule has 15 heavy (non-hydrogen) atoms. The molecular formula is C13H20O2. The summed E-state index contributed by atoms with van der Waals surface area (Å²) in [5, 5.41) is 8.97. The van der Waals surface area contributed by atoms with Crippen LogP contribution >= 0.6 is 0 Å². The van der Waals surface area contributed by atoms with Crippen LogP contribution < -0.4 is 0 Å². The van der Waals surface area contributed by atoms with E-state index in [1.165, 1.54) is 25.7 Å². The fourth-order valence-electron chi connectivity index (χ4n) is 3.71. The number of fused-ring (bicyclic) bond motifs is 2. The second-order valence-electron chi connectivity index (χ2n) is 5.78. The Bertz CT molecular complexity index is 317. The van der Waals surface area contributed by atoms with Crippen LogP contribution in [0.5, 0.6) is 0 Å². The van der Waals surface area contributed by atoms with E-state index in [9.17, 15) is 4.79 Å². The van der Waals surface area contributed by atoms with Gasteiger partial charge in [-0.25, -0.2) is 4.79 Å². The second-order valence-corrected chi connectivity index (χ2v) is 5.78. The first-order valence-electron chi connectivity index (χ1n) is 5.82. The molecule has 0 radical (unpaired) electrons. The normalized spacial score (nSPS) is 38.3. The van der Waals surface area contributed by atoms with Gasteiger partial charge < -0.3 is 5.11 Å². The number of carboxylic acids is 1. The number of rotatable bonds is 2. The van der Waals surface area contributed by atoms with Crippen molar-refractivity contribution in [3.8, 4) is 0 Å². The van der Waals surface area contributed by atoms with Gasteiger partial charge in [-0.1, -0.05) is 19.9 Å². The third kappa shape index (κ3) is 1.34. The van der Waals surface area contributed by atoms with Gasteiger partial charge in [0.1, 0.15) is 0 Å². The molecule has 0 heterocycles. The first kappa shape index (κ1) is 10.7. The lowest BCUT2D eigenvalue weighted by molar-refractivity contribution is -0.132. The van der Waals surface area contributed by atoms with Gasteiger partial charge in [-0.2, -0.15) is 0 Å². The Morgan fingerprint density at radius 1 is 1.33 bits per heavy atom. The molecule has 2 aliphatic carbocycles. The third-order valence-corrected chi connectivity index (χ3v) is 5.01. The highest BCUT2D eigenvalue weighted by Crippen LogP contribution is 2.66. The molecule has 0 aromatic carbocycles. The molecule has 0 unspecified atom stereocenters. The van der Waals surface area contributed by atoms with E-state index in [1.807, 2.05) is 6.08 Å². The van der Waals surface area contributed by atoms with Gasteiger partial charge in [0.2, 0.25) is 0 Å². The molecule has 0 aromatic rings. The van der Waals surface area contributed by atoms with Gasteiger partial charge in [0.05, 0.1) is 0 Å². The maximum absolute atomic E-state index is 10.9. The predicted molar refractivity (Wildman–Crippen MR) is 59.6 cm³/mol. The minimum Gasteiger partial charge on any atom is -0.478 e. The maximum atomic E-state index is 10.9. The monoisotopic (exact) mass is 208 g/mol. The average Bonchev–Trinajstić information content (AvgIpc) is 2.52. The van der Waals surface area contributed by atoms with Gasteiger partial charge in [-0.05, 0) is 49.4 Å². The first-order chi connectivity index (χ1) is 6.89. The zero-order valence-electron chi connectivity index (χ0n) is 9.84. The van der Waals surface area contributed by atoms with Crippen molar-refractivity contribution in [2.24, 2.45) is 16.7 Å². The van der Waals surface area contributed by atoms with Crippen LogP contribution in [0.1, 0.15) is 46.5 Å². The molecular weight excluding hydrogens is 188 g/mol. The van der Waals surface area contributed by atoms with Gasteiger partial charge in [0.25, 0.3) is 0 Å². The van der Waals surface area contributed by atoms with Crippen LogP contribution in [0.2, 0.25) is 0 Å². The van der Waals surface area contributed by atoms with Crippen LogP contribution in [0.25, 0.3) is 0 Å². The van der Waals surface area contributed by atoms with E-state index in [2.05, 4.69) is 13.8 Å². The standard InChI is InChI=1S/C13H20O2/c1-9(11(14)15)8-13-6-4-10(5-7-13)12(13,2)3/h8,10H,4-7H2,1-3H3,(H,14,15). The Hall–Kier alpha value is -0.790. The summed E-state index contributed by atoms with van der Waals surface area (Å²) in [4.78, 5) is 10.9. The van der Waals surface area contributed by atoms with Gasteiger partial charge in [-0.3, -0.25) is 0 Å². The van der Waals surface area contributed by atoms with Crippen LogP contribution in [-0.4, -0.2) is 11.1 Å². The molecule has 0 atom stereocenters. The summed E-state index contributed by atoms with van der Waals surface area (Å²) in [6.07, 6.45) is 6.94. The molecule has 2 aliphatic rings. The van der Waals surface area contributed by atoms with Gasteiger partial charge in [0.15, 0.2) is 0 Å². The fourth-order valence-corrected chi connectivity index (χ4v) is 3.71. The molecule has 2 heteroatoms. The van der Waals surface area contributed by atoms with Crippen molar-refractivity contribution in [2.45, 2.75) is 46.5 Å². The number of hydrogen-bond acceptors (Lipinski definition) is 1. The highest BCUT2D eigenvalue weighted by molar-refractivity contribution is 5.86. The Labute approximate surface area is 91.4 Å². The second kappa shape index (κ2) is 3.10. The molecule has 2 saturated carbocycles. The highest BCUT2D eigenvalue weighted by Gasteiger charge is 2.57. The quantitative estimate of drug-likeness (QED) is 0.707. The van der Waals surface area contributed by atoms with Crippen molar-refractivity contribution in [3.63, 3.8) is 0 Å². The van der Waals surface area contributed by atoms with Crippen molar-refractivity contribution in [3.05, 3.63) is 11.6 Å². The minimum atomic E-state index is -0.768. The molecule has 2 bridgehead atoms. The summed E-state index contributed by atoms with van der Waals surface area (Å²) in [5.74, 6) is 0.0332. The van der Waals surface area contributed by atoms with Crippen LogP contribution in [0.15, 0.2) is 11.6 Å². The molecule has 84 valence electrons. The lowest BCUT2D eigenvalue weighted by Crippen LogP contribution is -2.29. The molecule has 2 nitrogen and oxygen atoms in total. The molecule has 1 N–H and O–H groups in total. The number of hydrogen-bond donors (Lipinski definition) is 1. The molecule has 0 aromatic heterocycles. The van der Waals surface area contributed by atoms with E-state index in [0.717, 1.165) is 5.92 Å². The van der Waals surface area contributed by atoms with Gasteiger partial charge >= 0.3 is 5.97 Å². The Balaban J connectivity index is 2.35. The van der Waals surface area contributed by atoms with E-state index in [0.29, 0.717) is 11.0 Å². The van der Waals surface area contributed by atoms with Crippen molar-refractivity contribution >= 4 is 5.97 Å². The summed E-state index contributed by atoms with van der Waals surface area (Å²) in [7, 11) is 0. The summed E-state index contributed by atoms with van der Waals surface area (Å²) in [6.45, 7) is 6.34. The topological polar surface area (TPSA) is 37.3 Å². The molecule has 0 aliphatic heterocycles. The average molecular weight is 208 g/mol. The van der Waals surface area contributed by atoms with Crippen molar-refractivity contribution < 1.29 is 9.90 Å². The van der Waals surface area contributed by atoms with Crippen molar-refractivity contribution in [1.82, 2.24) is 0 Å². The van der Waals surface area contributed by atoms with E-state index < -0.39 is 5.97 Å². The van der Waals surface area contributed by atoms with Crippen LogP contribution in [0.4, 0.5) is 0 Å². The number of carboxylic acid groups (broad SMARTS) is 1. The smallest absolute Gasteiger partial charge is 0.330 e. The SMILES string of the molecule is CC(=CC12CCC(CC1)C2(C)C)C(=O)O. The molecule has 2 fully saturated rings. The number of carbonyl (C=O) groups is 1. The van der Waals surface area contributed by atoms with Crippen LogP contribution in [-0.2, 0) is 4.79 Å². The number of allylic oxidation sites excluding steroid dienone is 1. The Kier molecular flexibility index (Phi) is 2.21. The Morgan fingerprint density at radius 2 is 1.87 bits per heavy atom.